The van der Waals surface area contributed by atoms with Crippen LogP contribution in [0.15, 0.2) is 60.2 Å². The molecule has 0 bridgehead atoms. The van der Waals surface area contributed by atoms with Crippen molar-refractivity contribution in [2.45, 2.75) is 167 Å². The van der Waals surface area contributed by atoms with Gasteiger partial charge in [0, 0.05) is 44.0 Å². The molecule has 3 saturated heterocycles. The third-order valence-corrected chi connectivity index (χ3v) is 13.0. The van der Waals surface area contributed by atoms with Crippen LogP contribution in [0.1, 0.15) is 118 Å². The minimum atomic E-state index is -0.880. The molecule has 0 radical (unpaired) electrons. The molecule has 0 aliphatic carbocycles. The van der Waals surface area contributed by atoms with Crippen molar-refractivity contribution in [2.24, 2.45) is 35.1 Å². The highest BCUT2D eigenvalue weighted by Gasteiger charge is 2.58. The second kappa shape index (κ2) is 28.6. The van der Waals surface area contributed by atoms with E-state index in [9.17, 15) is 33.9 Å². The lowest BCUT2D eigenvalue weighted by molar-refractivity contribution is -0.131. The normalized spacial score (nSPS) is 25.4. The summed E-state index contributed by atoms with van der Waals surface area (Å²) in [7, 11) is 0. The van der Waals surface area contributed by atoms with E-state index >= 15 is 0 Å². The summed E-state index contributed by atoms with van der Waals surface area (Å²) < 4.78 is 23.8. The molecule has 3 fully saturated rings. The number of ketones is 1. The highest BCUT2D eigenvalue weighted by Crippen LogP contribution is 2.42. The number of aliphatic hydroxyl groups excluding tert-OH is 1. The van der Waals surface area contributed by atoms with Crippen LogP contribution < -0.4 is 38.1 Å². The first-order valence-corrected chi connectivity index (χ1v) is 25.1. The number of nitrogens with two attached hydrogens (primary N) is 2. The number of unbranched alkanes of at least 4 members (excludes halogenated alkanes) is 2. The van der Waals surface area contributed by atoms with E-state index in [0.29, 0.717) is 56.0 Å². The number of ether oxygens (including phenoxy) is 4. The van der Waals surface area contributed by atoms with Crippen LogP contribution in [0.5, 0.6) is 0 Å². The van der Waals surface area contributed by atoms with Gasteiger partial charge in [-0.15, -0.1) is 0 Å². The van der Waals surface area contributed by atoms with Crippen LogP contribution in [0.25, 0.3) is 0 Å². The Morgan fingerprint density at radius 1 is 0.971 bits per heavy atom. The molecule has 70 heavy (non-hydrogen) atoms. The fraction of sp³-hybridized carbons (Fsp3) is 0.654. The van der Waals surface area contributed by atoms with E-state index in [1.54, 1.807) is 30.3 Å². The van der Waals surface area contributed by atoms with Crippen molar-refractivity contribution < 1.29 is 52.8 Å². The maximum Gasteiger partial charge on any atom is 0.407 e. The van der Waals surface area contributed by atoms with Gasteiger partial charge in [-0.25, -0.2) is 9.59 Å². The number of benzene rings is 1. The van der Waals surface area contributed by atoms with Crippen LogP contribution in [0.3, 0.4) is 0 Å². The minimum Gasteiger partial charge on any atom is -0.445 e. The summed E-state index contributed by atoms with van der Waals surface area (Å²) in [5, 5.41) is 25.2. The Hall–Kier alpha value is -5.14. The summed E-state index contributed by atoms with van der Waals surface area (Å²) in [4.78, 5) is 76.3. The Morgan fingerprint density at radius 3 is 2.36 bits per heavy atom. The molecule has 390 valence electrons. The van der Waals surface area contributed by atoms with Crippen LogP contribution >= 0.6 is 0 Å². The fourth-order valence-corrected chi connectivity index (χ4v) is 8.70. The molecule has 3 aliphatic heterocycles. The van der Waals surface area contributed by atoms with Crippen molar-refractivity contribution in [3.63, 3.8) is 0 Å². The Bertz CT molecular complexity index is 1970. The van der Waals surface area contributed by atoms with Crippen molar-refractivity contribution in [3.8, 4) is 0 Å². The molecule has 0 saturated carbocycles. The number of anilines is 1. The van der Waals surface area contributed by atoms with E-state index in [4.69, 9.17) is 30.4 Å². The van der Waals surface area contributed by atoms with Crippen LogP contribution in [0, 0.1) is 23.7 Å². The Labute approximate surface area is 414 Å². The van der Waals surface area contributed by atoms with Gasteiger partial charge in [-0.05, 0) is 100 Å². The van der Waals surface area contributed by atoms with Crippen molar-refractivity contribution >= 4 is 41.3 Å². The van der Waals surface area contributed by atoms with Gasteiger partial charge in [0.05, 0.1) is 37.0 Å². The molecule has 6 amide bonds. The maximum absolute atomic E-state index is 13.6. The average molecular weight is 980 g/mol. The lowest BCUT2D eigenvalue weighted by atomic mass is 9.87. The molecule has 18 nitrogen and oxygen atoms in total. The Balaban J connectivity index is 1.24. The molecule has 0 aromatic heterocycles. The second-order valence-electron chi connectivity index (χ2n) is 19.9. The number of hydrogen-bond donors (Lipinski definition) is 8. The van der Waals surface area contributed by atoms with E-state index in [1.165, 1.54) is 0 Å². The standard InChI is InChI=1S/C52H81N7O11/c1-32(2)14-23-46(62)58-41-26-35(6)43(69-36(41)7)21-15-34(5)16-22-44-48(63)52(31-68-52)28-40(70-44)29-56-51(66)67-30-37-17-19-39(20-18-37)57-49(64)38(12-11-25-55-50(54)65)27-42(60)47(33(3)4)59-45(61)13-9-8-10-24-53/h14-20,22-23,32-33,35-36,38,40-41,43-44,47-48,63H,8-13,21,24-31,53H2,1-7H3,(H,56,66)(H,57,64)(H,58,62)(H,59,61)(H3,54,55,65)/b22-16+,23-14-,34-15+/t35-,36+,38+,40-,41+,43-,44+,47-,48+,52+/m0/s1. The molecule has 3 aliphatic rings. The van der Waals surface area contributed by atoms with Gasteiger partial charge in [0.15, 0.2) is 5.78 Å². The molecule has 3 heterocycles. The summed E-state index contributed by atoms with van der Waals surface area (Å²) in [6.45, 7) is 15.1. The van der Waals surface area contributed by atoms with Gasteiger partial charge in [-0.3, -0.25) is 19.2 Å². The smallest absolute Gasteiger partial charge is 0.407 e. The number of primary amides is 1. The van der Waals surface area contributed by atoms with Gasteiger partial charge in [0.2, 0.25) is 17.7 Å². The largest absolute Gasteiger partial charge is 0.445 e. The number of urea groups is 1. The van der Waals surface area contributed by atoms with Gasteiger partial charge in [0.25, 0.3) is 0 Å². The number of epoxide rings is 1. The van der Waals surface area contributed by atoms with Gasteiger partial charge in [0.1, 0.15) is 24.4 Å². The molecule has 10 N–H and O–H groups in total. The zero-order chi connectivity index (χ0) is 51.4. The first kappa shape index (κ1) is 57.4. The molecule has 10 atom stereocenters. The van der Waals surface area contributed by atoms with E-state index in [-0.39, 0.29) is 86.6 Å². The molecule has 4 rings (SSSR count). The van der Waals surface area contributed by atoms with Gasteiger partial charge < -0.3 is 62.1 Å². The molecular weight excluding hydrogens is 899 g/mol. The van der Waals surface area contributed by atoms with Gasteiger partial charge >= 0.3 is 12.1 Å². The summed E-state index contributed by atoms with van der Waals surface area (Å²) in [6, 6.07) is 5.23. The van der Waals surface area contributed by atoms with Gasteiger partial charge in [-0.1, -0.05) is 83.0 Å². The summed E-state index contributed by atoms with van der Waals surface area (Å²) >= 11 is 0. The van der Waals surface area contributed by atoms with Gasteiger partial charge in [-0.2, -0.15) is 0 Å². The number of amides is 6. The maximum atomic E-state index is 13.6. The molecule has 1 aromatic rings. The number of nitrogens with one attached hydrogen (secondary N) is 5. The van der Waals surface area contributed by atoms with E-state index in [2.05, 4.69) is 39.6 Å². The van der Waals surface area contributed by atoms with Crippen LogP contribution in [-0.4, -0.2) is 115 Å². The summed E-state index contributed by atoms with van der Waals surface area (Å²) in [5.41, 5.74) is 12.1. The lowest BCUT2D eigenvalue weighted by Crippen LogP contribution is -2.52. The predicted molar refractivity (Wildman–Crippen MR) is 267 cm³/mol. The van der Waals surface area contributed by atoms with E-state index in [0.717, 1.165) is 24.8 Å². The highest BCUT2D eigenvalue weighted by atomic mass is 16.6. The number of allylic oxidation sites excluding steroid dienone is 3. The monoisotopic (exact) mass is 980 g/mol. The summed E-state index contributed by atoms with van der Waals surface area (Å²) in [5.74, 6) is -1.41. The topological polar surface area (TPSA) is 275 Å². The number of hydrogen-bond acceptors (Lipinski definition) is 12. The Morgan fingerprint density at radius 2 is 1.70 bits per heavy atom. The minimum absolute atomic E-state index is 0.00672. The Kier molecular flexibility index (Phi) is 23.5. The highest BCUT2D eigenvalue weighted by molar-refractivity contribution is 5.97. The van der Waals surface area contributed by atoms with Crippen LogP contribution in [0.4, 0.5) is 15.3 Å². The van der Waals surface area contributed by atoms with E-state index < -0.39 is 53.9 Å². The lowest BCUT2D eigenvalue weighted by Gasteiger charge is -2.39. The SMILES string of the molecule is CC(/C=C/[C@H]1O[C@H](CNC(=O)OCc2ccc(NC(=O)[C@H](CCCNC(N)=O)CC(=O)[C@@H](NC(=O)CCCCCN)C(C)C)cc2)C[C@@]2(CO2)[C@@H]1O)=C\C[C@@H]1O[C@H](C)[C@H](NC(=O)/C=C\C(C)C)C[C@@H]1C. The van der Waals surface area contributed by atoms with Crippen LogP contribution in [-0.2, 0) is 44.7 Å². The third-order valence-electron chi connectivity index (χ3n) is 13.0. The zero-order valence-corrected chi connectivity index (χ0v) is 42.3. The van der Waals surface area contributed by atoms with Crippen LogP contribution in [0.2, 0.25) is 0 Å². The first-order chi connectivity index (χ1) is 33.3. The van der Waals surface area contributed by atoms with Crippen molar-refractivity contribution in [1.82, 2.24) is 21.3 Å². The number of carbonyl (C=O) groups excluding carboxylic acids is 6. The first-order valence-electron chi connectivity index (χ1n) is 25.1. The predicted octanol–water partition coefficient (Wildman–Crippen LogP) is 5.23. The quantitative estimate of drug-likeness (QED) is 0.0244. The number of carbonyl (C=O) groups is 6. The molecule has 1 aromatic carbocycles. The second-order valence-corrected chi connectivity index (χ2v) is 19.9. The number of aliphatic hydroxyl groups is 1. The molecule has 1 spiro atoms. The fourth-order valence-electron chi connectivity index (χ4n) is 8.70. The summed E-state index contributed by atoms with van der Waals surface area (Å²) in [6.07, 6.45) is 11.6. The number of Topliss-reactive ketones (excluding diaryl/α,β-unsaturated/α-hetero) is 1. The van der Waals surface area contributed by atoms with Crippen molar-refractivity contribution in [3.05, 3.63) is 65.8 Å². The zero-order valence-electron chi connectivity index (χ0n) is 42.3. The van der Waals surface area contributed by atoms with Crippen molar-refractivity contribution in [1.29, 1.82) is 0 Å². The molecular formula is C52H81N7O11. The van der Waals surface area contributed by atoms with Crippen molar-refractivity contribution in [2.75, 3.05) is 31.6 Å². The molecule has 18 heteroatoms. The average Bonchev–Trinajstić information content (AvgIpc) is 4.09. The molecule has 0 unspecified atom stereocenters. The number of alkyl carbamates (subject to hydrolysis) is 1. The third kappa shape index (κ3) is 19.6. The van der Waals surface area contributed by atoms with E-state index in [1.807, 2.05) is 59.8 Å². The number of rotatable bonds is 27.